The molecule has 0 aromatic heterocycles. The van der Waals surface area contributed by atoms with Crippen molar-refractivity contribution in [1.29, 1.82) is 0 Å². The summed E-state index contributed by atoms with van der Waals surface area (Å²) in [6, 6.07) is 0. The number of hydrogen-bond acceptors (Lipinski definition) is 3. The highest BCUT2D eigenvalue weighted by Gasteiger charge is 2.18. The number of carbonyl (C=O) groups is 1. The predicted molar refractivity (Wildman–Crippen MR) is 55.9 cm³/mol. The Bertz CT molecular complexity index is 165. The van der Waals surface area contributed by atoms with Crippen LogP contribution in [0, 0.1) is 0 Å². The Balaban J connectivity index is 1.98. The Kier molecular flexibility index (Phi) is 5.60. The summed E-state index contributed by atoms with van der Waals surface area (Å²) in [6.45, 7) is 0.720. The molecule has 0 saturated heterocycles. The molecule has 3 heteroatoms. The molecule has 0 aliphatic heterocycles. The number of ether oxygens (including phenoxy) is 1. The summed E-state index contributed by atoms with van der Waals surface area (Å²) in [5.74, 6) is -0.0195. The third kappa shape index (κ3) is 4.61. The lowest BCUT2D eigenvalue weighted by atomic mass is 10.2. The highest BCUT2D eigenvalue weighted by Crippen LogP contribution is 2.21. The van der Waals surface area contributed by atoms with E-state index in [-0.39, 0.29) is 12.1 Å². The van der Waals surface area contributed by atoms with Crippen LogP contribution in [0.15, 0.2) is 0 Å². The fourth-order valence-electron chi connectivity index (χ4n) is 1.84. The molecular formula is C11H21NO2. The third-order valence-electron chi connectivity index (χ3n) is 2.69. The number of unbranched alkanes of at least 4 members (excludes halogenated alkanes) is 2. The number of carbonyl (C=O) groups excluding carboxylic acids is 1. The van der Waals surface area contributed by atoms with Crippen LogP contribution in [0.4, 0.5) is 0 Å². The van der Waals surface area contributed by atoms with E-state index in [1.807, 2.05) is 0 Å². The molecule has 1 fully saturated rings. The van der Waals surface area contributed by atoms with Crippen molar-refractivity contribution in [3.63, 3.8) is 0 Å². The highest BCUT2D eigenvalue weighted by atomic mass is 16.5. The first-order valence-corrected chi connectivity index (χ1v) is 5.72. The molecule has 1 saturated carbocycles. The van der Waals surface area contributed by atoms with Crippen LogP contribution >= 0.6 is 0 Å². The van der Waals surface area contributed by atoms with Crippen LogP contribution in [-0.4, -0.2) is 18.6 Å². The number of rotatable bonds is 6. The Morgan fingerprint density at radius 2 is 1.93 bits per heavy atom. The van der Waals surface area contributed by atoms with E-state index in [1.54, 1.807) is 0 Å². The van der Waals surface area contributed by atoms with Crippen molar-refractivity contribution in [3.05, 3.63) is 0 Å². The molecule has 0 radical (unpaired) electrons. The van der Waals surface area contributed by atoms with Gasteiger partial charge in [-0.3, -0.25) is 4.79 Å². The summed E-state index contributed by atoms with van der Waals surface area (Å²) in [4.78, 5) is 11.3. The van der Waals surface area contributed by atoms with Gasteiger partial charge in [0, 0.05) is 6.42 Å². The molecule has 0 aromatic carbocycles. The van der Waals surface area contributed by atoms with Gasteiger partial charge in [0.05, 0.1) is 0 Å². The molecule has 0 heterocycles. The van der Waals surface area contributed by atoms with Crippen LogP contribution in [0.25, 0.3) is 0 Å². The van der Waals surface area contributed by atoms with E-state index < -0.39 is 0 Å². The minimum Gasteiger partial charge on any atom is -0.462 e. The molecule has 82 valence electrons. The monoisotopic (exact) mass is 199 g/mol. The Morgan fingerprint density at radius 3 is 2.57 bits per heavy atom. The maximum absolute atomic E-state index is 11.3. The molecular weight excluding hydrogens is 178 g/mol. The molecule has 0 aromatic rings. The number of esters is 1. The second-order valence-electron chi connectivity index (χ2n) is 4.00. The summed E-state index contributed by atoms with van der Waals surface area (Å²) in [5.41, 5.74) is 5.36. The van der Waals surface area contributed by atoms with E-state index in [9.17, 15) is 4.79 Å². The number of nitrogens with two attached hydrogens (primary N) is 1. The van der Waals surface area contributed by atoms with Crippen molar-refractivity contribution in [2.75, 3.05) is 6.54 Å². The van der Waals surface area contributed by atoms with Crippen molar-refractivity contribution in [2.24, 2.45) is 5.73 Å². The molecule has 0 bridgehead atoms. The zero-order chi connectivity index (χ0) is 10.2. The average Bonchev–Trinajstić information content (AvgIpc) is 2.65. The van der Waals surface area contributed by atoms with Crippen LogP contribution in [0.5, 0.6) is 0 Å². The zero-order valence-electron chi connectivity index (χ0n) is 8.84. The predicted octanol–water partition coefficient (Wildman–Crippen LogP) is 1.99. The molecule has 0 spiro atoms. The molecule has 2 N–H and O–H groups in total. The van der Waals surface area contributed by atoms with Gasteiger partial charge in [-0.15, -0.1) is 0 Å². The van der Waals surface area contributed by atoms with Crippen molar-refractivity contribution < 1.29 is 9.53 Å². The largest absolute Gasteiger partial charge is 0.462 e. The summed E-state index contributed by atoms with van der Waals surface area (Å²) in [7, 11) is 0. The topological polar surface area (TPSA) is 52.3 Å². The van der Waals surface area contributed by atoms with Crippen LogP contribution in [0.3, 0.4) is 0 Å². The van der Waals surface area contributed by atoms with Crippen molar-refractivity contribution in [1.82, 2.24) is 0 Å². The average molecular weight is 199 g/mol. The first-order valence-electron chi connectivity index (χ1n) is 5.72. The zero-order valence-corrected chi connectivity index (χ0v) is 8.84. The van der Waals surface area contributed by atoms with Crippen LogP contribution in [-0.2, 0) is 9.53 Å². The van der Waals surface area contributed by atoms with Gasteiger partial charge in [0.1, 0.15) is 6.10 Å². The number of hydrogen-bond donors (Lipinski definition) is 1. The van der Waals surface area contributed by atoms with Crippen LogP contribution in [0.2, 0.25) is 0 Å². The van der Waals surface area contributed by atoms with Crippen molar-refractivity contribution >= 4 is 5.97 Å². The van der Waals surface area contributed by atoms with Crippen LogP contribution in [0.1, 0.15) is 51.4 Å². The van der Waals surface area contributed by atoms with Gasteiger partial charge in [-0.25, -0.2) is 0 Å². The first-order chi connectivity index (χ1) is 6.83. The lowest BCUT2D eigenvalue weighted by Crippen LogP contribution is -2.14. The SMILES string of the molecule is NCCCCCC(=O)OC1CCCC1. The standard InChI is InChI=1S/C11H21NO2/c12-9-5-1-2-8-11(13)14-10-6-3-4-7-10/h10H,1-9,12H2. The summed E-state index contributed by atoms with van der Waals surface area (Å²) < 4.78 is 5.32. The summed E-state index contributed by atoms with van der Waals surface area (Å²) >= 11 is 0. The van der Waals surface area contributed by atoms with E-state index in [2.05, 4.69) is 0 Å². The minimum atomic E-state index is -0.0195. The first kappa shape index (κ1) is 11.5. The van der Waals surface area contributed by atoms with E-state index in [4.69, 9.17) is 10.5 Å². The summed E-state index contributed by atoms with van der Waals surface area (Å²) in [6.07, 6.45) is 8.31. The Labute approximate surface area is 86.0 Å². The van der Waals surface area contributed by atoms with E-state index in [1.165, 1.54) is 12.8 Å². The van der Waals surface area contributed by atoms with Gasteiger partial charge in [-0.2, -0.15) is 0 Å². The summed E-state index contributed by atoms with van der Waals surface area (Å²) in [5, 5.41) is 0. The van der Waals surface area contributed by atoms with Gasteiger partial charge in [-0.05, 0) is 45.1 Å². The minimum absolute atomic E-state index is 0.0195. The second-order valence-corrected chi connectivity index (χ2v) is 4.00. The lowest BCUT2D eigenvalue weighted by molar-refractivity contribution is -0.148. The van der Waals surface area contributed by atoms with Gasteiger partial charge in [-0.1, -0.05) is 6.42 Å². The van der Waals surface area contributed by atoms with Crippen LogP contribution < -0.4 is 5.73 Å². The molecule has 14 heavy (non-hydrogen) atoms. The quantitative estimate of drug-likeness (QED) is 0.525. The molecule has 0 unspecified atom stereocenters. The lowest BCUT2D eigenvalue weighted by Gasteiger charge is -2.10. The maximum Gasteiger partial charge on any atom is 0.306 e. The van der Waals surface area contributed by atoms with E-state index >= 15 is 0 Å². The maximum atomic E-state index is 11.3. The second kappa shape index (κ2) is 6.82. The molecule has 3 nitrogen and oxygen atoms in total. The van der Waals surface area contributed by atoms with Gasteiger partial charge in [0.25, 0.3) is 0 Å². The van der Waals surface area contributed by atoms with Gasteiger partial charge in [0.15, 0.2) is 0 Å². The highest BCUT2D eigenvalue weighted by molar-refractivity contribution is 5.69. The fourth-order valence-corrected chi connectivity index (χ4v) is 1.84. The van der Waals surface area contributed by atoms with E-state index in [0.717, 1.165) is 38.6 Å². The molecule has 1 rings (SSSR count). The third-order valence-corrected chi connectivity index (χ3v) is 2.69. The smallest absolute Gasteiger partial charge is 0.306 e. The van der Waals surface area contributed by atoms with Gasteiger partial charge < -0.3 is 10.5 Å². The normalized spacial score (nSPS) is 17.2. The van der Waals surface area contributed by atoms with Crippen molar-refractivity contribution in [3.8, 4) is 0 Å². The van der Waals surface area contributed by atoms with Gasteiger partial charge in [0.2, 0.25) is 0 Å². The molecule has 0 atom stereocenters. The fraction of sp³-hybridized carbons (Fsp3) is 0.909. The van der Waals surface area contributed by atoms with Crippen molar-refractivity contribution in [2.45, 2.75) is 57.5 Å². The molecule has 1 aliphatic rings. The molecule has 1 aliphatic carbocycles. The van der Waals surface area contributed by atoms with E-state index in [0.29, 0.717) is 6.42 Å². The molecule has 0 amide bonds. The van der Waals surface area contributed by atoms with Gasteiger partial charge >= 0.3 is 5.97 Å². The Morgan fingerprint density at radius 1 is 1.21 bits per heavy atom. The Hall–Kier alpha value is -0.570.